The van der Waals surface area contributed by atoms with Crippen LogP contribution >= 0.6 is 0 Å². The standard InChI is InChI=1S/C16H23N3O2/c1-10-11(2)19(8-7-17-10)16(21)13-9-12-5-3-4-6-14(12)18-15(13)20/h9-11,17H,3-8H2,1-2H3,(H,18,20). The number of rotatable bonds is 1. The van der Waals surface area contributed by atoms with E-state index in [0.717, 1.165) is 43.5 Å². The first-order valence-electron chi connectivity index (χ1n) is 7.87. The highest BCUT2D eigenvalue weighted by molar-refractivity contribution is 5.94. The summed E-state index contributed by atoms with van der Waals surface area (Å²) in [5.74, 6) is -0.134. The zero-order valence-electron chi connectivity index (χ0n) is 12.7. The molecule has 0 aromatic carbocycles. The Morgan fingerprint density at radius 1 is 1.29 bits per heavy atom. The lowest BCUT2D eigenvalue weighted by Gasteiger charge is -2.38. The van der Waals surface area contributed by atoms with E-state index >= 15 is 0 Å². The Hall–Kier alpha value is -1.62. The molecule has 3 rings (SSSR count). The molecule has 114 valence electrons. The van der Waals surface area contributed by atoms with Gasteiger partial charge in [0.15, 0.2) is 0 Å². The highest BCUT2D eigenvalue weighted by atomic mass is 16.2. The van der Waals surface area contributed by atoms with E-state index in [2.05, 4.69) is 17.2 Å². The van der Waals surface area contributed by atoms with Crippen LogP contribution in [0.3, 0.4) is 0 Å². The summed E-state index contributed by atoms with van der Waals surface area (Å²) in [7, 11) is 0. The first-order valence-corrected chi connectivity index (χ1v) is 7.87. The van der Waals surface area contributed by atoms with E-state index < -0.39 is 0 Å². The molecule has 5 heteroatoms. The minimum atomic E-state index is -0.237. The summed E-state index contributed by atoms with van der Waals surface area (Å²) in [6.07, 6.45) is 4.12. The van der Waals surface area contributed by atoms with Crippen LogP contribution in [0.25, 0.3) is 0 Å². The van der Waals surface area contributed by atoms with Gasteiger partial charge < -0.3 is 15.2 Å². The highest BCUT2D eigenvalue weighted by Crippen LogP contribution is 2.20. The molecule has 0 saturated carbocycles. The molecule has 2 aliphatic rings. The second-order valence-electron chi connectivity index (χ2n) is 6.20. The lowest BCUT2D eigenvalue weighted by atomic mass is 9.94. The van der Waals surface area contributed by atoms with Crippen LogP contribution in [-0.4, -0.2) is 41.0 Å². The quantitative estimate of drug-likeness (QED) is 0.813. The summed E-state index contributed by atoms with van der Waals surface area (Å²) >= 11 is 0. The largest absolute Gasteiger partial charge is 0.333 e. The van der Waals surface area contributed by atoms with Crippen molar-refractivity contribution in [3.63, 3.8) is 0 Å². The second-order valence-corrected chi connectivity index (χ2v) is 6.20. The van der Waals surface area contributed by atoms with Crippen LogP contribution in [-0.2, 0) is 12.8 Å². The van der Waals surface area contributed by atoms with E-state index in [0.29, 0.717) is 12.1 Å². The van der Waals surface area contributed by atoms with Gasteiger partial charge in [-0.3, -0.25) is 9.59 Å². The molecule has 1 aliphatic heterocycles. The summed E-state index contributed by atoms with van der Waals surface area (Å²) in [6, 6.07) is 2.18. The molecule has 2 N–H and O–H groups in total. The molecule has 2 heterocycles. The van der Waals surface area contributed by atoms with E-state index in [1.54, 1.807) is 0 Å². The van der Waals surface area contributed by atoms with Gasteiger partial charge in [-0.1, -0.05) is 0 Å². The number of hydrogen-bond donors (Lipinski definition) is 2. The van der Waals surface area contributed by atoms with Crippen molar-refractivity contribution in [1.29, 1.82) is 0 Å². The maximum absolute atomic E-state index is 12.7. The van der Waals surface area contributed by atoms with Crippen molar-refractivity contribution < 1.29 is 4.79 Å². The van der Waals surface area contributed by atoms with Crippen molar-refractivity contribution in [1.82, 2.24) is 15.2 Å². The van der Waals surface area contributed by atoms with Crippen molar-refractivity contribution in [2.75, 3.05) is 13.1 Å². The molecule has 1 aromatic heterocycles. The molecule has 1 aliphatic carbocycles. The van der Waals surface area contributed by atoms with Gasteiger partial charge in [-0.15, -0.1) is 0 Å². The van der Waals surface area contributed by atoms with Crippen LogP contribution < -0.4 is 10.9 Å². The van der Waals surface area contributed by atoms with Crippen molar-refractivity contribution in [3.05, 3.63) is 33.2 Å². The fourth-order valence-electron chi connectivity index (χ4n) is 3.33. The van der Waals surface area contributed by atoms with Crippen LogP contribution in [0.15, 0.2) is 10.9 Å². The normalized spacial score (nSPS) is 25.5. The summed E-state index contributed by atoms with van der Waals surface area (Å²) in [4.78, 5) is 29.7. The van der Waals surface area contributed by atoms with Crippen molar-refractivity contribution in [2.45, 2.75) is 51.6 Å². The third kappa shape index (κ3) is 2.62. The number of H-pyrrole nitrogens is 1. The molecule has 1 fully saturated rings. The molecule has 1 saturated heterocycles. The number of carbonyl (C=O) groups excluding carboxylic acids is 1. The van der Waals surface area contributed by atoms with Gasteiger partial charge >= 0.3 is 0 Å². The lowest BCUT2D eigenvalue weighted by Crippen LogP contribution is -2.57. The van der Waals surface area contributed by atoms with Gasteiger partial charge in [0, 0.05) is 30.9 Å². The Labute approximate surface area is 124 Å². The predicted octanol–water partition coefficient (Wildman–Crippen LogP) is 1.08. The fourth-order valence-corrected chi connectivity index (χ4v) is 3.33. The van der Waals surface area contributed by atoms with Crippen LogP contribution in [0.4, 0.5) is 0 Å². The third-order valence-electron chi connectivity index (χ3n) is 4.86. The molecule has 0 bridgehead atoms. The molecule has 2 unspecified atom stereocenters. The van der Waals surface area contributed by atoms with Gasteiger partial charge in [0.1, 0.15) is 5.56 Å². The maximum atomic E-state index is 12.7. The minimum absolute atomic E-state index is 0.0988. The van der Waals surface area contributed by atoms with Gasteiger partial charge in [-0.05, 0) is 51.2 Å². The molecule has 5 nitrogen and oxygen atoms in total. The van der Waals surface area contributed by atoms with Crippen LogP contribution in [0, 0.1) is 0 Å². The third-order valence-corrected chi connectivity index (χ3v) is 4.86. The van der Waals surface area contributed by atoms with E-state index in [4.69, 9.17) is 0 Å². The molecule has 0 radical (unpaired) electrons. The topological polar surface area (TPSA) is 65.2 Å². The summed E-state index contributed by atoms with van der Waals surface area (Å²) in [5, 5.41) is 3.35. The monoisotopic (exact) mass is 289 g/mol. The van der Waals surface area contributed by atoms with E-state index in [-0.39, 0.29) is 23.6 Å². The predicted molar refractivity (Wildman–Crippen MR) is 81.7 cm³/mol. The molecular weight excluding hydrogens is 266 g/mol. The fraction of sp³-hybridized carbons (Fsp3) is 0.625. The number of nitrogens with zero attached hydrogens (tertiary/aromatic N) is 1. The van der Waals surface area contributed by atoms with Crippen LogP contribution in [0.2, 0.25) is 0 Å². The Morgan fingerprint density at radius 2 is 2.05 bits per heavy atom. The second kappa shape index (κ2) is 5.64. The molecule has 2 atom stereocenters. The lowest BCUT2D eigenvalue weighted by molar-refractivity contribution is 0.0601. The first-order chi connectivity index (χ1) is 10.1. The van der Waals surface area contributed by atoms with Gasteiger partial charge in [-0.2, -0.15) is 0 Å². The van der Waals surface area contributed by atoms with Gasteiger partial charge in [0.25, 0.3) is 11.5 Å². The summed E-state index contributed by atoms with van der Waals surface area (Å²) in [5.41, 5.74) is 2.22. The molecule has 1 amide bonds. The van der Waals surface area contributed by atoms with Gasteiger partial charge in [-0.25, -0.2) is 0 Å². The SMILES string of the molecule is CC1NCCN(C(=O)c2cc3c([nH]c2=O)CCCC3)C1C. The summed E-state index contributed by atoms with van der Waals surface area (Å²) in [6.45, 7) is 5.53. The molecule has 1 aromatic rings. The van der Waals surface area contributed by atoms with Gasteiger partial charge in [0.05, 0.1) is 0 Å². The number of nitrogens with one attached hydrogen (secondary N) is 2. The van der Waals surface area contributed by atoms with Crippen molar-refractivity contribution >= 4 is 5.91 Å². The van der Waals surface area contributed by atoms with Crippen molar-refractivity contribution in [3.8, 4) is 0 Å². The Balaban J connectivity index is 1.92. The van der Waals surface area contributed by atoms with E-state index in [1.165, 1.54) is 0 Å². The van der Waals surface area contributed by atoms with Crippen LogP contribution in [0.5, 0.6) is 0 Å². The Kier molecular flexibility index (Phi) is 3.85. The first kappa shape index (κ1) is 14.3. The zero-order chi connectivity index (χ0) is 15.0. The number of carbonyl (C=O) groups is 1. The average Bonchev–Trinajstić information content (AvgIpc) is 2.48. The highest BCUT2D eigenvalue weighted by Gasteiger charge is 2.30. The van der Waals surface area contributed by atoms with E-state index in [9.17, 15) is 9.59 Å². The smallest absolute Gasteiger partial charge is 0.261 e. The molecule has 0 spiro atoms. The number of aromatic amines is 1. The number of amides is 1. The van der Waals surface area contributed by atoms with Gasteiger partial charge in [0.2, 0.25) is 0 Å². The number of fused-ring (bicyclic) bond motifs is 1. The average molecular weight is 289 g/mol. The van der Waals surface area contributed by atoms with Crippen molar-refractivity contribution in [2.24, 2.45) is 0 Å². The number of piperazine rings is 1. The molecular formula is C16H23N3O2. The molecule has 21 heavy (non-hydrogen) atoms. The number of pyridine rings is 1. The van der Waals surface area contributed by atoms with Crippen LogP contribution in [0.1, 0.15) is 48.3 Å². The zero-order valence-corrected chi connectivity index (χ0v) is 12.7. The Bertz CT molecular complexity index is 608. The number of aryl methyl sites for hydroxylation is 2. The number of hydrogen-bond acceptors (Lipinski definition) is 3. The Morgan fingerprint density at radius 3 is 2.86 bits per heavy atom. The van der Waals surface area contributed by atoms with E-state index in [1.807, 2.05) is 17.9 Å². The number of aromatic nitrogens is 1. The maximum Gasteiger partial charge on any atom is 0.261 e. The minimum Gasteiger partial charge on any atom is -0.333 e. The summed E-state index contributed by atoms with van der Waals surface area (Å²) < 4.78 is 0.